The molecule has 0 aromatic carbocycles. The summed E-state index contributed by atoms with van der Waals surface area (Å²) in [5, 5.41) is 10.5. The lowest BCUT2D eigenvalue weighted by atomic mass is 9.88. The molecule has 0 aliphatic heterocycles. The highest BCUT2D eigenvalue weighted by Crippen LogP contribution is 2.70. The fourth-order valence-corrected chi connectivity index (χ4v) is 3.98. The number of nitrogens with one attached hydrogen (secondary N) is 1. The van der Waals surface area contributed by atoms with Crippen LogP contribution >= 0.6 is 0 Å². The monoisotopic (exact) mass is 259 g/mol. The molecule has 1 aromatic rings. The van der Waals surface area contributed by atoms with Gasteiger partial charge >= 0.3 is 0 Å². The van der Waals surface area contributed by atoms with Gasteiger partial charge in [-0.15, -0.1) is 0 Å². The molecule has 1 heterocycles. The summed E-state index contributed by atoms with van der Waals surface area (Å²) in [7, 11) is 0. The minimum absolute atomic E-state index is 0.151. The smallest absolute Gasteiger partial charge is 0.224 e. The van der Waals surface area contributed by atoms with Crippen LogP contribution in [0.25, 0.3) is 0 Å². The predicted octanol–water partition coefficient (Wildman–Crippen LogP) is 1.60. The average molecular weight is 259 g/mol. The standard InChI is InChI=1S/C14H17N3O2/c1-8-12(17-19-16-8)7-15-13(18)10-6-9-2-3-11(10)14(9)4-5-14/h2-3,9-11H,4-7H2,1H3,(H,15,18)/t9-,10+,11-/m1/s1. The van der Waals surface area contributed by atoms with Crippen LogP contribution in [0.2, 0.25) is 0 Å². The van der Waals surface area contributed by atoms with Crippen molar-refractivity contribution >= 4 is 5.91 Å². The van der Waals surface area contributed by atoms with E-state index in [9.17, 15) is 4.79 Å². The Morgan fingerprint density at radius 2 is 2.32 bits per heavy atom. The van der Waals surface area contributed by atoms with Crippen molar-refractivity contribution < 1.29 is 9.42 Å². The van der Waals surface area contributed by atoms with Crippen LogP contribution in [0.15, 0.2) is 16.8 Å². The highest BCUT2D eigenvalue weighted by molar-refractivity contribution is 5.80. The summed E-state index contributed by atoms with van der Waals surface area (Å²) in [4.78, 5) is 12.3. The van der Waals surface area contributed by atoms with Crippen molar-refractivity contribution in [1.82, 2.24) is 15.6 Å². The number of hydrogen-bond donors (Lipinski definition) is 1. The van der Waals surface area contributed by atoms with Crippen LogP contribution < -0.4 is 5.32 Å². The Kier molecular flexibility index (Phi) is 2.17. The second-order valence-corrected chi connectivity index (χ2v) is 6.11. The van der Waals surface area contributed by atoms with Gasteiger partial charge in [-0.25, -0.2) is 4.63 Å². The van der Waals surface area contributed by atoms with E-state index < -0.39 is 0 Å². The molecule has 0 radical (unpaired) electrons. The number of allylic oxidation sites excluding steroid dienone is 2. The molecule has 19 heavy (non-hydrogen) atoms. The third-order valence-electron chi connectivity index (χ3n) is 5.24. The number of hydrogen-bond acceptors (Lipinski definition) is 4. The summed E-state index contributed by atoms with van der Waals surface area (Å²) < 4.78 is 4.63. The molecule has 3 atom stereocenters. The molecular formula is C14H17N3O2. The first-order chi connectivity index (χ1) is 9.21. The van der Waals surface area contributed by atoms with Gasteiger partial charge < -0.3 is 5.32 Å². The molecule has 5 heteroatoms. The van der Waals surface area contributed by atoms with Gasteiger partial charge in [-0.05, 0) is 43.4 Å². The van der Waals surface area contributed by atoms with E-state index >= 15 is 0 Å². The molecule has 2 saturated carbocycles. The van der Waals surface area contributed by atoms with Crippen molar-refractivity contribution in [3.05, 3.63) is 23.5 Å². The lowest BCUT2D eigenvalue weighted by molar-refractivity contribution is -0.126. The number of nitrogens with zero attached hydrogens (tertiary/aromatic N) is 2. The maximum atomic E-state index is 12.3. The molecule has 5 nitrogen and oxygen atoms in total. The summed E-state index contributed by atoms with van der Waals surface area (Å²) in [6.45, 7) is 2.25. The second-order valence-electron chi connectivity index (χ2n) is 6.11. The van der Waals surface area contributed by atoms with E-state index in [1.165, 1.54) is 12.8 Å². The second kappa shape index (κ2) is 3.68. The first-order valence-corrected chi connectivity index (χ1v) is 6.95. The number of aryl methyl sites for hydroxylation is 1. The summed E-state index contributed by atoms with van der Waals surface area (Å²) in [6.07, 6.45) is 8.21. The highest BCUT2D eigenvalue weighted by atomic mass is 16.6. The first kappa shape index (κ1) is 11.2. The zero-order valence-corrected chi connectivity index (χ0v) is 10.9. The maximum Gasteiger partial charge on any atom is 0.224 e. The molecule has 3 aliphatic carbocycles. The van der Waals surface area contributed by atoms with Gasteiger partial charge in [0.1, 0.15) is 11.4 Å². The van der Waals surface area contributed by atoms with Crippen LogP contribution in [0.4, 0.5) is 0 Å². The maximum absolute atomic E-state index is 12.3. The molecule has 2 bridgehead atoms. The van der Waals surface area contributed by atoms with Gasteiger partial charge in [0, 0.05) is 5.92 Å². The molecular weight excluding hydrogens is 242 g/mol. The van der Waals surface area contributed by atoms with E-state index in [1.807, 2.05) is 6.92 Å². The predicted molar refractivity (Wildman–Crippen MR) is 66.8 cm³/mol. The van der Waals surface area contributed by atoms with Crippen molar-refractivity contribution in [2.24, 2.45) is 23.2 Å². The summed E-state index contributed by atoms with van der Waals surface area (Å²) in [5.74, 6) is 1.42. The van der Waals surface area contributed by atoms with Crippen LogP contribution in [-0.4, -0.2) is 16.2 Å². The summed E-state index contributed by atoms with van der Waals surface area (Å²) >= 11 is 0. The highest BCUT2D eigenvalue weighted by Gasteiger charge is 2.63. The molecule has 0 unspecified atom stereocenters. The fraction of sp³-hybridized carbons (Fsp3) is 0.643. The number of carbonyl (C=O) groups is 1. The number of rotatable bonds is 3. The molecule has 1 amide bonds. The largest absolute Gasteiger partial charge is 0.350 e. The fourth-order valence-electron chi connectivity index (χ4n) is 3.98. The van der Waals surface area contributed by atoms with Gasteiger partial charge in [0.05, 0.1) is 6.54 Å². The Morgan fingerprint density at radius 3 is 2.95 bits per heavy atom. The van der Waals surface area contributed by atoms with Crippen LogP contribution in [0.5, 0.6) is 0 Å². The van der Waals surface area contributed by atoms with Crippen molar-refractivity contribution in [3.63, 3.8) is 0 Å². The Bertz CT molecular complexity index is 559. The quantitative estimate of drug-likeness (QED) is 0.837. The van der Waals surface area contributed by atoms with E-state index in [4.69, 9.17) is 0 Å². The van der Waals surface area contributed by atoms with Gasteiger partial charge in [-0.1, -0.05) is 22.5 Å². The van der Waals surface area contributed by atoms with E-state index in [-0.39, 0.29) is 11.8 Å². The number of aromatic nitrogens is 2. The lowest BCUT2D eigenvalue weighted by Crippen LogP contribution is -2.33. The third-order valence-corrected chi connectivity index (χ3v) is 5.24. The first-order valence-electron chi connectivity index (χ1n) is 6.95. The summed E-state index contributed by atoms with van der Waals surface area (Å²) in [6, 6.07) is 0. The van der Waals surface area contributed by atoms with Crippen molar-refractivity contribution in [1.29, 1.82) is 0 Å². The van der Waals surface area contributed by atoms with Gasteiger partial charge in [-0.3, -0.25) is 4.79 Å². The molecule has 1 spiro atoms. The van der Waals surface area contributed by atoms with Gasteiger partial charge in [0.2, 0.25) is 5.91 Å². The molecule has 2 fully saturated rings. The minimum Gasteiger partial charge on any atom is -0.350 e. The molecule has 1 aromatic heterocycles. The number of carbonyl (C=O) groups excluding carboxylic acids is 1. The molecule has 0 saturated heterocycles. The molecule has 3 aliphatic rings. The molecule has 1 N–H and O–H groups in total. The van der Waals surface area contributed by atoms with Gasteiger partial charge in [0.15, 0.2) is 0 Å². The summed E-state index contributed by atoms with van der Waals surface area (Å²) in [5.41, 5.74) is 1.92. The van der Waals surface area contributed by atoms with E-state index in [1.54, 1.807) is 0 Å². The Morgan fingerprint density at radius 1 is 1.47 bits per heavy atom. The average Bonchev–Trinajstić information content (AvgIpc) is 2.90. The molecule has 4 rings (SSSR count). The van der Waals surface area contributed by atoms with Crippen molar-refractivity contribution in [3.8, 4) is 0 Å². The van der Waals surface area contributed by atoms with E-state index in [0.29, 0.717) is 29.5 Å². The van der Waals surface area contributed by atoms with Crippen molar-refractivity contribution in [2.45, 2.75) is 32.7 Å². The minimum atomic E-state index is 0.151. The normalized spacial score (nSPS) is 33.0. The van der Waals surface area contributed by atoms with Crippen LogP contribution in [0.3, 0.4) is 0 Å². The number of amides is 1. The van der Waals surface area contributed by atoms with Crippen LogP contribution in [-0.2, 0) is 11.3 Å². The van der Waals surface area contributed by atoms with Gasteiger partial charge in [-0.2, -0.15) is 0 Å². The Labute approximate surface area is 111 Å². The van der Waals surface area contributed by atoms with E-state index in [0.717, 1.165) is 12.1 Å². The zero-order chi connectivity index (χ0) is 13.0. The van der Waals surface area contributed by atoms with E-state index in [2.05, 4.69) is 32.4 Å². The molecule has 100 valence electrons. The SMILES string of the molecule is Cc1nonc1CNC(=O)[C@H]1C[C@H]2C=C[C@H]1C21CC1. The lowest BCUT2D eigenvalue weighted by Gasteiger charge is -2.18. The van der Waals surface area contributed by atoms with Crippen molar-refractivity contribution in [2.75, 3.05) is 0 Å². The van der Waals surface area contributed by atoms with Gasteiger partial charge in [0.25, 0.3) is 0 Å². The van der Waals surface area contributed by atoms with Crippen LogP contribution in [0, 0.1) is 30.1 Å². The third kappa shape index (κ3) is 1.50. The topological polar surface area (TPSA) is 68.0 Å². The Balaban J connectivity index is 1.42. The zero-order valence-electron chi connectivity index (χ0n) is 10.9. The Hall–Kier alpha value is -1.65. The van der Waals surface area contributed by atoms with Crippen LogP contribution in [0.1, 0.15) is 30.7 Å².